The first-order valence-electron chi connectivity index (χ1n) is 6.72. The normalized spacial score (nSPS) is 28.5. The van der Waals surface area contributed by atoms with Crippen LogP contribution in [0, 0.1) is 11.8 Å². The van der Waals surface area contributed by atoms with Crippen molar-refractivity contribution in [3.05, 3.63) is 16.3 Å². The van der Waals surface area contributed by atoms with Crippen molar-refractivity contribution in [3.63, 3.8) is 0 Å². The van der Waals surface area contributed by atoms with Gasteiger partial charge in [0.05, 0.1) is 4.90 Å². The third kappa shape index (κ3) is 3.56. The fourth-order valence-electron chi connectivity index (χ4n) is 2.72. The van der Waals surface area contributed by atoms with E-state index >= 15 is 0 Å². The molecule has 108 valence electrons. The van der Waals surface area contributed by atoms with Crippen LogP contribution in [0.3, 0.4) is 0 Å². The van der Waals surface area contributed by atoms with Crippen LogP contribution in [0.25, 0.3) is 0 Å². The van der Waals surface area contributed by atoms with Gasteiger partial charge < -0.3 is 5.73 Å². The minimum Gasteiger partial charge on any atom is -0.326 e. The molecule has 1 aromatic rings. The van der Waals surface area contributed by atoms with Crippen molar-refractivity contribution in [1.29, 1.82) is 0 Å². The van der Waals surface area contributed by atoms with Crippen molar-refractivity contribution >= 4 is 21.4 Å². The number of sulfonamides is 1. The lowest BCUT2D eigenvalue weighted by atomic mass is 9.80. The van der Waals surface area contributed by atoms with Gasteiger partial charge in [0.1, 0.15) is 0 Å². The average Bonchev–Trinajstić information content (AvgIpc) is 2.82. The molecule has 0 radical (unpaired) electrons. The maximum absolute atomic E-state index is 12.3. The molecule has 3 N–H and O–H groups in total. The number of nitrogens with one attached hydrogen (secondary N) is 1. The summed E-state index contributed by atoms with van der Waals surface area (Å²) >= 11 is 1.40. The Bertz CT molecular complexity index is 525. The van der Waals surface area contributed by atoms with E-state index in [9.17, 15) is 8.42 Å². The highest BCUT2D eigenvalue weighted by Crippen LogP contribution is 2.30. The smallest absolute Gasteiger partial charge is 0.241 e. The van der Waals surface area contributed by atoms with Crippen molar-refractivity contribution in [3.8, 4) is 0 Å². The van der Waals surface area contributed by atoms with Crippen molar-refractivity contribution in [2.24, 2.45) is 17.6 Å². The largest absolute Gasteiger partial charge is 0.326 e. The highest BCUT2D eigenvalue weighted by atomic mass is 32.2. The second-order valence-electron chi connectivity index (χ2n) is 5.58. The van der Waals surface area contributed by atoms with Gasteiger partial charge in [-0.05, 0) is 37.2 Å². The topological polar surface area (TPSA) is 72.2 Å². The lowest BCUT2D eigenvalue weighted by Gasteiger charge is -2.32. The van der Waals surface area contributed by atoms with E-state index in [-0.39, 0.29) is 6.04 Å². The lowest BCUT2D eigenvalue weighted by Crippen LogP contribution is -2.42. The third-order valence-corrected chi connectivity index (χ3v) is 6.46. The molecule has 2 rings (SSSR count). The minimum atomic E-state index is -3.39. The molecule has 3 atom stereocenters. The zero-order valence-electron chi connectivity index (χ0n) is 11.4. The van der Waals surface area contributed by atoms with E-state index < -0.39 is 10.0 Å². The van der Waals surface area contributed by atoms with Gasteiger partial charge in [0, 0.05) is 22.8 Å². The van der Waals surface area contributed by atoms with Gasteiger partial charge in [0.2, 0.25) is 10.0 Å². The fraction of sp³-hybridized carbons (Fsp3) is 0.692. The molecule has 1 aliphatic rings. The van der Waals surface area contributed by atoms with Crippen LogP contribution >= 0.6 is 11.3 Å². The van der Waals surface area contributed by atoms with Gasteiger partial charge in [-0.25, -0.2) is 13.1 Å². The van der Waals surface area contributed by atoms with E-state index in [1.165, 1.54) is 11.3 Å². The summed E-state index contributed by atoms with van der Waals surface area (Å²) in [5, 5.41) is 1.67. The van der Waals surface area contributed by atoms with Crippen LogP contribution in [0.5, 0.6) is 0 Å². The molecule has 4 nitrogen and oxygen atoms in total. The van der Waals surface area contributed by atoms with Gasteiger partial charge in [-0.1, -0.05) is 13.8 Å². The van der Waals surface area contributed by atoms with Crippen molar-refractivity contribution in [1.82, 2.24) is 4.72 Å². The van der Waals surface area contributed by atoms with Gasteiger partial charge >= 0.3 is 0 Å². The molecular weight excluding hydrogens is 280 g/mol. The van der Waals surface area contributed by atoms with E-state index in [1.54, 1.807) is 11.4 Å². The summed E-state index contributed by atoms with van der Waals surface area (Å²) in [5.74, 6) is 1.09. The van der Waals surface area contributed by atoms with E-state index in [0.29, 0.717) is 23.3 Å². The Morgan fingerprint density at radius 1 is 1.42 bits per heavy atom. The standard InChI is InChI=1S/C13H22N2O2S2/c1-9-3-4-13(10(2)5-9)15-19(16,17)12-6-11(7-14)18-8-12/h6,8-10,13,15H,3-5,7,14H2,1-2H3. The molecule has 19 heavy (non-hydrogen) atoms. The number of thiophene rings is 1. The summed E-state index contributed by atoms with van der Waals surface area (Å²) in [5.41, 5.74) is 5.52. The Kier molecular flexibility index (Phi) is 4.66. The summed E-state index contributed by atoms with van der Waals surface area (Å²) in [4.78, 5) is 1.24. The summed E-state index contributed by atoms with van der Waals surface area (Å²) in [6, 6.07) is 1.73. The minimum absolute atomic E-state index is 0.0578. The molecule has 3 unspecified atom stereocenters. The van der Waals surface area contributed by atoms with Crippen LogP contribution in [0.2, 0.25) is 0 Å². The van der Waals surface area contributed by atoms with Crippen LogP contribution in [0.4, 0.5) is 0 Å². The van der Waals surface area contributed by atoms with Gasteiger partial charge in [-0.2, -0.15) is 0 Å². The van der Waals surface area contributed by atoms with E-state index in [0.717, 1.165) is 24.1 Å². The van der Waals surface area contributed by atoms with Gasteiger partial charge in [-0.3, -0.25) is 0 Å². The maximum Gasteiger partial charge on any atom is 0.241 e. The van der Waals surface area contributed by atoms with E-state index in [1.807, 2.05) is 0 Å². The molecule has 1 aliphatic carbocycles. The zero-order chi connectivity index (χ0) is 14.0. The molecule has 0 saturated heterocycles. The molecule has 0 spiro atoms. The van der Waals surface area contributed by atoms with Crippen LogP contribution in [0.1, 0.15) is 38.0 Å². The zero-order valence-corrected chi connectivity index (χ0v) is 13.1. The lowest BCUT2D eigenvalue weighted by molar-refractivity contribution is 0.249. The number of hydrogen-bond donors (Lipinski definition) is 2. The predicted molar refractivity (Wildman–Crippen MR) is 78.5 cm³/mol. The molecule has 1 fully saturated rings. The SMILES string of the molecule is CC1CCC(NS(=O)(=O)c2csc(CN)c2)C(C)C1. The third-order valence-electron chi connectivity index (χ3n) is 3.88. The number of nitrogens with two attached hydrogens (primary N) is 1. The van der Waals surface area contributed by atoms with Crippen molar-refractivity contribution < 1.29 is 8.42 Å². The Hall–Kier alpha value is -0.430. The summed E-state index contributed by atoms with van der Waals surface area (Å²) in [7, 11) is -3.39. The Labute approximate surface area is 119 Å². The average molecular weight is 302 g/mol. The van der Waals surface area contributed by atoms with E-state index in [2.05, 4.69) is 18.6 Å². The molecule has 1 heterocycles. The van der Waals surface area contributed by atoms with Crippen LogP contribution in [-0.4, -0.2) is 14.5 Å². The van der Waals surface area contributed by atoms with Gasteiger partial charge in [-0.15, -0.1) is 11.3 Å². The summed E-state index contributed by atoms with van der Waals surface area (Å²) in [6.07, 6.45) is 3.11. The van der Waals surface area contributed by atoms with Crippen LogP contribution in [0.15, 0.2) is 16.3 Å². The van der Waals surface area contributed by atoms with E-state index in [4.69, 9.17) is 5.73 Å². The molecule has 0 aliphatic heterocycles. The molecule has 0 bridgehead atoms. The molecule has 0 aromatic carbocycles. The molecule has 0 amide bonds. The maximum atomic E-state index is 12.3. The molecule has 1 aromatic heterocycles. The first-order chi connectivity index (χ1) is 8.92. The first-order valence-corrected chi connectivity index (χ1v) is 9.08. The van der Waals surface area contributed by atoms with Gasteiger partial charge in [0.15, 0.2) is 0 Å². The summed E-state index contributed by atoms with van der Waals surface area (Å²) < 4.78 is 27.5. The monoisotopic (exact) mass is 302 g/mol. The molecular formula is C13H22N2O2S2. The Balaban J connectivity index is 2.08. The fourth-order valence-corrected chi connectivity index (χ4v) is 5.25. The highest BCUT2D eigenvalue weighted by Gasteiger charge is 2.29. The summed E-state index contributed by atoms with van der Waals surface area (Å²) in [6.45, 7) is 4.74. The second-order valence-corrected chi connectivity index (χ2v) is 8.29. The number of rotatable bonds is 4. The number of hydrogen-bond acceptors (Lipinski definition) is 4. The molecule has 6 heteroatoms. The highest BCUT2D eigenvalue weighted by molar-refractivity contribution is 7.89. The van der Waals surface area contributed by atoms with Gasteiger partial charge in [0.25, 0.3) is 0 Å². The van der Waals surface area contributed by atoms with Crippen LogP contribution < -0.4 is 10.5 Å². The Morgan fingerprint density at radius 3 is 2.74 bits per heavy atom. The van der Waals surface area contributed by atoms with Crippen molar-refractivity contribution in [2.75, 3.05) is 0 Å². The predicted octanol–water partition coefficient (Wildman–Crippen LogP) is 2.31. The molecule has 1 saturated carbocycles. The quantitative estimate of drug-likeness (QED) is 0.896. The first kappa shape index (κ1) is 15.0. The van der Waals surface area contributed by atoms with Crippen LogP contribution in [-0.2, 0) is 16.6 Å². The Morgan fingerprint density at radius 2 is 2.16 bits per heavy atom. The second kappa shape index (κ2) is 5.91. The van der Waals surface area contributed by atoms with Crippen molar-refractivity contribution in [2.45, 2.75) is 50.6 Å².